The summed E-state index contributed by atoms with van der Waals surface area (Å²) >= 11 is 5.17. The molecule has 2 N–H and O–H groups in total. The van der Waals surface area contributed by atoms with E-state index in [-0.39, 0.29) is 11.9 Å². The predicted molar refractivity (Wildman–Crippen MR) is 90.6 cm³/mol. The molecule has 1 amide bonds. The normalized spacial score (nSPS) is 18.9. The van der Waals surface area contributed by atoms with Crippen LogP contribution in [0.5, 0.6) is 0 Å². The van der Waals surface area contributed by atoms with Crippen LogP contribution in [0.15, 0.2) is 20.9 Å². The van der Waals surface area contributed by atoms with Crippen LogP contribution >= 0.6 is 27.3 Å². The van der Waals surface area contributed by atoms with E-state index in [0.717, 1.165) is 35.8 Å². The SMILES string of the molecule is CCC(=O)N1CCC(NC(=NC)NCc2ccc(Br)s2)C1. The quantitative estimate of drug-likeness (QED) is 0.629. The molecular weight excluding hydrogens is 352 g/mol. The van der Waals surface area contributed by atoms with E-state index in [4.69, 9.17) is 0 Å². The third-order valence-corrected chi connectivity index (χ3v) is 5.09. The highest BCUT2D eigenvalue weighted by Crippen LogP contribution is 2.21. The fourth-order valence-corrected chi connectivity index (χ4v) is 3.76. The summed E-state index contributed by atoms with van der Waals surface area (Å²) in [6.45, 7) is 4.25. The Bertz CT molecular complexity index is 517. The summed E-state index contributed by atoms with van der Waals surface area (Å²) in [5, 5.41) is 6.70. The molecule has 1 saturated heterocycles. The van der Waals surface area contributed by atoms with Gasteiger partial charge in [-0.05, 0) is 34.5 Å². The number of aliphatic imine (C=N–C) groups is 1. The van der Waals surface area contributed by atoms with Crippen molar-refractivity contribution in [2.45, 2.75) is 32.4 Å². The smallest absolute Gasteiger partial charge is 0.222 e. The maximum absolute atomic E-state index is 11.7. The molecule has 0 spiro atoms. The Morgan fingerprint density at radius 1 is 1.57 bits per heavy atom. The van der Waals surface area contributed by atoms with E-state index in [0.29, 0.717) is 6.42 Å². The number of amides is 1. The van der Waals surface area contributed by atoms with E-state index >= 15 is 0 Å². The van der Waals surface area contributed by atoms with Crippen LogP contribution in [0.25, 0.3) is 0 Å². The number of thiophene rings is 1. The van der Waals surface area contributed by atoms with Crippen LogP contribution in [0.1, 0.15) is 24.6 Å². The zero-order chi connectivity index (χ0) is 15.2. The lowest BCUT2D eigenvalue weighted by Gasteiger charge is -2.18. The van der Waals surface area contributed by atoms with Gasteiger partial charge in [-0.15, -0.1) is 11.3 Å². The lowest BCUT2D eigenvalue weighted by atomic mass is 10.3. The van der Waals surface area contributed by atoms with E-state index in [9.17, 15) is 4.79 Å². The zero-order valence-electron chi connectivity index (χ0n) is 12.4. The van der Waals surface area contributed by atoms with Gasteiger partial charge < -0.3 is 15.5 Å². The second-order valence-corrected chi connectivity index (χ2v) is 7.50. The molecule has 0 aliphatic carbocycles. The standard InChI is InChI=1S/C14H21BrN4OS/c1-3-13(20)19-7-6-10(9-19)18-14(16-2)17-8-11-4-5-12(15)21-11/h4-5,10H,3,6-9H2,1-2H3,(H2,16,17,18). The number of rotatable bonds is 4. The highest BCUT2D eigenvalue weighted by Gasteiger charge is 2.25. The number of halogens is 1. The Labute approximate surface area is 137 Å². The van der Waals surface area contributed by atoms with Gasteiger partial charge in [0, 0.05) is 37.5 Å². The number of carbonyl (C=O) groups excluding carboxylic acids is 1. The number of hydrogen-bond donors (Lipinski definition) is 2. The Hall–Kier alpha value is -1.08. The van der Waals surface area contributed by atoms with Crippen LogP contribution in [0.4, 0.5) is 0 Å². The topological polar surface area (TPSA) is 56.7 Å². The molecule has 0 radical (unpaired) electrons. The molecule has 1 unspecified atom stereocenters. The molecule has 1 aliphatic heterocycles. The van der Waals surface area contributed by atoms with Gasteiger partial charge in [-0.1, -0.05) is 6.92 Å². The number of hydrogen-bond acceptors (Lipinski definition) is 3. The van der Waals surface area contributed by atoms with Crippen molar-refractivity contribution >= 4 is 39.1 Å². The third-order valence-electron chi connectivity index (χ3n) is 3.47. The third kappa shape index (κ3) is 4.71. The number of likely N-dealkylation sites (tertiary alicyclic amines) is 1. The Balaban J connectivity index is 1.79. The van der Waals surface area contributed by atoms with Crippen molar-refractivity contribution in [1.82, 2.24) is 15.5 Å². The lowest BCUT2D eigenvalue weighted by Crippen LogP contribution is -2.44. The van der Waals surface area contributed by atoms with Crippen LogP contribution in [0, 0.1) is 0 Å². The highest BCUT2D eigenvalue weighted by molar-refractivity contribution is 9.11. The molecule has 2 rings (SSSR count). The van der Waals surface area contributed by atoms with Gasteiger partial charge in [-0.3, -0.25) is 9.79 Å². The largest absolute Gasteiger partial charge is 0.352 e. The summed E-state index contributed by atoms with van der Waals surface area (Å²) in [4.78, 5) is 19.1. The average molecular weight is 373 g/mol. The van der Waals surface area contributed by atoms with Gasteiger partial charge in [-0.25, -0.2) is 0 Å². The first-order chi connectivity index (χ1) is 10.1. The van der Waals surface area contributed by atoms with E-state index < -0.39 is 0 Å². The van der Waals surface area contributed by atoms with Crippen LogP contribution in [-0.2, 0) is 11.3 Å². The zero-order valence-corrected chi connectivity index (χ0v) is 14.8. The van der Waals surface area contributed by atoms with Gasteiger partial charge in [0.05, 0.1) is 10.3 Å². The maximum atomic E-state index is 11.7. The molecular formula is C14H21BrN4OS. The summed E-state index contributed by atoms with van der Waals surface area (Å²) in [6.07, 6.45) is 1.55. The Morgan fingerprint density at radius 3 is 3.00 bits per heavy atom. The fraction of sp³-hybridized carbons (Fsp3) is 0.571. The van der Waals surface area contributed by atoms with Crippen molar-refractivity contribution in [3.05, 3.63) is 20.8 Å². The van der Waals surface area contributed by atoms with Crippen molar-refractivity contribution in [1.29, 1.82) is 0 Å². The summed E-state index contributed by atoms with van der Waals surface area (Å²) < 4.78 is 1.13. The number of nitrogens with one attached hydrogen (secondary N) is 2. The first-order valence-electron chi connectivity index (χ1n) is 7.11. The molecule has 7 heteroatoms. The van der Waals surface area contributed by atoms with Gasteiger partial charge in [0.25, 0.3) is 0 Å². The number of carbonyl (C=O) groups is 1. The first kappa shape index (κ1) is 16.3. The molecule has 0 saturated carbocycles. The summed E-state index contributed by atoms with van der Waals surface area (Å²) in [5.74, 6) is 1.01. The van der Waals surface area contributed by atoms with Gasteiger partial charge >= 0.3 is 0 Å². The molecule has 5 nitrogen and oxygen atoms in total. The van der Waals surface area contributed by atoms with E-state index in [1.165, 1.54) is 4.88 Å². The van der Waals surface area contributed by atoms with Crippen LogP contribution in [-0.4, -0.2) is 42.9 Å². The molecule has 1 fully saturated rings. The van der Waals surface area contributed by atoms with E-state index in [1.807, 2.05) is 17.9 Å². The van der Waals surface area contributed by atoms with Crippen molar-refractivity contribution in [3.8, 4) is 0 Å². The van der Waals surface area contributed by atoms with Crippen LogP contribution < -0.4 is 10.6 Å². The lowest BCUT2D eigenvalue weighted by molar-refractivity contribution is -0.129. The van der Waals surface area contributed by atoms with Crippen molar-refractivity contribution in [2.24, 2.45) is 4.99 Å². The number of nitrogens with zero attached hydrogens (tertiary/aromatic N) is 2. The molecule has 21 heavy (non-hydrogen) atoms. The molecule has 1 aliphatic rings. The molecule has 0 bridgehead atoms. The second kappa shape index (κ2) is 7.79. The summed E-state index contributed by atoms with van der Waals surface area (Å²) in [5.41, 5.74) is 0. The molecule has 1 atom stereocenters. The van der Waals surface area contributed by atoms with E-state index in [1.54, 1.807) is 18.4 Å². The molecule has 1 aromatic heterocycles. The molecule has 2 heterocycles. The van der Waals surface area contributed by atoms with Crippen molar-refractivity contribution < 1.29 is 4.79 Å². The second-order valence-electron chi connectivity index (χ2n) is 4.95. The summed E-state index contributed by atoms with van der Waals surface area (Å²) in [7, 11) is 1.77. The van der Waals surface area contributed by atoms with E-state index in [2.05, 4.69) is 37.6 Å². The highest BCUT2D eigenvalue weighted by atomic mass is 79.9. The Kier molecular flexibility index (Phi) is 6.05. The fourth-order valence-electron chi connectivity index (χ4n) is 2.33. The number of guanidine groups is 1. The first-order valence-corrected chi connectivity index (χ1v) is 8.72. The van der Waals surface area contributed by atoms with Gasteiger partial charge in [0.2, 0.25) is 5.91 Å². The van der Waals surface area contributed by atoms with Gasteiger partial charge in [-0.2, -0.15) is 0 Å². The minimum atomic E-state index is 0.227. The minimum Gasteiger partial charge on any atom is -0.352 e. The van der Waals surface area contributed by atoms with Crippen molar-refractivity contribution in [2.75, 3.05) is 20.1 Å². The minimum absolute atomic E-state index is 0.227. The van der Waals surface area contributed by atoms with Crippen LogP contribution in [0.3, 0.4) is 0 Å². The average Bonchev–Trinajstić information content (AvgIpc) is 3.11. The molecule has 0 aromatic carbocycles. The van der Waals surface area contributed by atoms with Gasteiger partial charge in [0.15, 0.2) is 5.96 Å². The predicted octanol–water partition coefficient (Wildman–Crippen LogP) is 2.19. The monoisotopic (exact) mass is 372 g/mol. The molecule has 1 aromatic rings. The summed E-state index contributed by atoms with van der Waals surface area (Å²) in [6, 6.07) is 4.41. The maximum Gasteiger partial charge on any atom is 0.222 e. The Morgan fingerprint density at radius 2 is 2.38 bits per heavy atom. The van der Waals surface area contributed by atoms with Crippen molar-refractivity contribution in [3.63, 3.8) is 0 Å². The van der Waals surface area contributed by atoms with Crippen LogP contribution in [0.2, 0.25) is 0 Å². The van der Waals surface area contributed by atoms with Gasteiger partial charge in [0.1, 0.15) is 0 Å². The molecule has 116 valence electrons.